The Morgan fingerprint density at radius 1 is 1.00 bits per heavy atom. The Bertz CT molecular complexity index is 817. The Morgan fingerprint density at radius 3 is 2.19 bits per heavy atom. The SMILES string of the molecule is C[n+]1ccn(CCOC(COc2ccccc2)C[Se]c2ccccc2)c1.F[B-](F)(F)F. The molecule has 1 heterocycles. The van der Waals surface area contributed by atoms with Gasteiger partial charge in [0.15, 0.2) is 0 Å². The number of rotatable bonds is 10. The summed E-state index contributed by atoms with van der Waals surface area (Å²) in [6.45, 7) is 2.11. The zero-order chi connectivity index (χ0) is 22.5. The molecule has 0 bridgehead atoms. The average molecular weight is 503 g/mol. The average Bonchev–Trinajstić information content (AvgIpc) is 3.15. The predicted octanol–water partition coefficient (Wildman–Crippen LogP) is 3.52. The van der Waals surface area contributed by atoms with E-state index in [4.69, 9.17) is 9.47 Å². The van der Waals surface area contributed by atoms with E-state index >= 15 is 0 Å². The molecule has 31 heavy (non-hydrogen) atoms. The number of aromatic nitrogens is 2. The fourth-order valence-electron chi connectivity index (χ4n) is 2.51. The maximum absolute atomic E-state index is 9.75. The van der Waals surface area contributed by atoms with Gasteiger partial charge < -0.3 is 17.3 Å². The third-order valence-corrected chi connectivity index (χ3v) is 6.29. The van der Waals surface area contributed by atoms with E-state index in [1.807, 2.05) is 48.1 Å². The summed E-state index contributed by atoms with van der Waals surface area (Å²) in [5.41, 5.74) is 0. The van der Waals surface area contributed by atoms with Crippen LogP contribution < -0.4 is 13.8 Å². The van der Waals surface area contributed by atoms with Crippen LogP contribution in [0.3, 0.4) is 0 Å². The van der Waals surface area contributed by atoms with Gasteiger partial charge in [-0.3, -0.25) is 0 Å². The summed E-state index contributed by atoms with van der Waals surface area (Å²) >= 11 is 0.381. The van der Waals surface area contributed by atoms with Gasteiger partial charge in [0.1, 0.15) is 0 Å². The van der Waals surface area contributed by atoms with Gasteiger partial charge in [-0.05, 0) is 0 Å². The monoisotopic (exact) mass is 504 g/mol. The molecule has 168 valence electrons. The molecule has 0 saturated carbocycles. The van der Waals surface area contributed by atoms with Crippen molar-refractivity contribution in [2.75, 3.05) is 13.2 Å². The van der Waals surface area contributed by atoms with Gasteiger partial charge in [0.2, 0.25) is 0 Å². The second-order valence-corrected chi connectivity index (χ2v) is 8.85. The molecule has 0 radical (unpaired) electrons. The third kappa shape index (κ3) is 12.2. The van der Waals surface area contributed by atoms with E-state index in [-0.39, 0.29) is 6.10 Å². The summed E-state index contributed by atoms with van der Waals surface area (Å²) in [5, 5.41) is 1.00. The zero-order valence-corrected chi connectivity index (χ0v) is 18.8. The minimum absolute atomic E-state index is 0.0970. The van der Waals surface area contributed by atoms with Crippen molar-refractivity contribution in [3.8, 4) is 5.75 Å². The first-order chi connectivity index (χ1) is 14.8. The predicted molar refractivity (Wildman–Crippen MR) is 114 cm³/mol. The summed E-state index contributed by atoms with van der Waals surface area (Å²) < 4.78 is 56.7. The zero-order valence-electron chi connectivity index (χ0n) is 17.1. The molecule has 0 spiro atoms. The molecular formula is C21H25BF4N2O2Se. The van der Waals surface area contributed by atoms with Crippen molar-refractivity contribution in [2.45, 2.75) is 18.0 Å². The van der Waals surface area contributed by atoms with Crippen LogP contribution in [0.1, 0.15) is 0 Å². The number of aryl methyl sites for hydroxylation is 1. The van der Waals surface area contributed by atoms with Gasteiger partial charge in [-0.2, -0.15) is 0 Å². The normalized spacial score (nSPS) is 12.0. The van der Waals surface area contributed by atoms with Crippen molar-refractivity contribution in [1.29, 1.82) is 0 Å². The molecule has 0 fully saturated rings. The minimum Gasteiger partial charge on any atom is -0.418 e. The van der Waals surface area contributed by atoms with Crippen molar-refractivity contribution in [3.05, 3.63) is 79.4 Å². The fourth-order valence-corrected chi connectivity index (χ4v) is 4.45. The van der Waals surface area contributed by atoms with Crippen LogP contribution >= 0.6 is 0 Å². The molecule has 1 unspecified atom stereocenters. The number of ether oxygens (including phenoxy) is 2. The number of hydrogen-bond donors (Lipinski definition) is 0. The second kappa shape index (κ2) is 13.2. The van der Waals surface area contributed by atoms with Crippen LogP contribution in [0.15, 0.2) is 79.4 Å². The third-order valence-electron chi connectivity index (χ3n) is 3.88. The number of halogens is 4. The summed E-state index contributed by atoms with van der Waals surface area (Å²) in [6.07, 6.45) is 6.26. The quantitative estimate of drug-likeness (QED) is 0.241. The molecule has 0 N–H and O–H groups in total. The Hall–Kier alpha value is -2.29. The smallest absolute Gasteiger partial charge is 0.418 e. The first-order valence-corrected chi connectivity index (χ1v) is 11.7. The maximum atomic E-state index is 9.75. The molecule has 3 rings (SSSR count). The van der Waals surface area contributed by atoms with Crippen LogP contribution in [0.2, 0.25) is 5.32 Å². The van der Waals surface area contributed by atoms with Gasteiger partial charge in [0, 0.05) is 0 Å². The molecule has 10 heteroatoms. The van der Waals surface area contributed by atoms with Gasteiger partial charge in [0.25, 0.3) is 0 Å². The Kier molecular flexibility index (Phi) is 10.6. The van der Waals surface area contributed by atoms with E-state index in [2.05, 4.69) is 47.4 Å². The molecule has 2 aromatic carbocycles. The van der Waals surface area contributed by atoms with Crippen molar-refractivity contribution in [1.82, 2.24) is 4.57 Å². The van der Waals surface area contributed by atoms with E-state index in [0.29, 0.717) is 28.2 Å². The largest absolute Gasteiger partial charge is 0.673 e. The van der Waals surface area contributed by atoms with E-state index in [9.17, 15) is 17.3 Å². The van der Waals surface area contributed by atoms with Crippen molar-refractivity contribution in [2.24, 2.45) is 7.05 Å². The van der Waals surface area contributed by atoms with Crippen LogP contribution in [0.25, 0.3) is 0 Å². The molecule has 3 aromatic rings. The second-order valence-electron chi connectivity index (χ2n) is 6.55. The number of imidazole rings is 1. The van der Waals surface area contributed by atoms with E-state index in [1.54, 1.807) is 0 Å². The van der Waals surface area contributed by atoms with Crippen LogP contribution in [0.4, 0.5) is 17.3 Å². The van der Waals surface area contributed by atoms with Crippen molar-refractivity contribution < 1.29 is 31.3 Å². The minimum atomic E-state index is -6.00. The number of hydrogen-bond acceptors (Lipinski definition) is 2. The number of nitrogens with zero attached hydrogens (tertiary/aromatic N) is 2. The van der Waals surface area contributed by atoms with Gasteiger partial charge in [-0.15, -0.1) is 0 Å². The Labute approximate surface area is 186 Å². The molecule has 0 amide bonds. The van der Waals surface area contributed by atoms with Gasteiger partial charge in [-0.25, -0.2) is 0 Å². The van der Waals surface area contributed by atoms with E-state index in [0.717, 1.165) is 17.6 Å². The Balaban J connectivity index is 0.000000614. The maximum Gasteiger partial charge on any atom is 0.673 e. The summed E-state index contributed by atoms with van der Waals surface area (Å²) in [4.78, 5) is 0. The number of para-hydroxylation sites is 1. The van der Waals surface area contributed by atoms with Gasteiger partial charge >= 0.3 is 169 Å². The number of benzene rings is 2. The van der Waals surface area contributed by atoms with Crippen LogP contribution in [0.5, 0.6) is 5.75 Å². The first-order valence-electron chi connectivity index (χ1n) is 9.65. The molecule has 0 aliphatic heterocycles. The van der Waals surface area contributed by atoms with E-state index in [1.165, 1.54) is 4.46 Å². The topological polar surface area (TPSA) is 27.3 Å². The summed E-state index contributed by atoms with van der Waals surface area (Å²) in [7, 11) is -3.98. The molecule has 1 aromatic heterocycles. The van der Waals surface area contributed by atoms with Gasteiger partial charge in [-0.1, -0.05) is 0 Å². The van der Waals surface area contributed by atoms with Crippen molar-refractivity contribution >= 4 is 26.7 Å². The van der Waals surface area contributed by atoms with Crippen molar-refractivity contribution in [3.63, 3.8) is 0 Å². The van der Waals surface area contributed by atoms with Crippen LogP contribution in [0, 0.1) is 0 Å². The molecule has 1 atom stereocenters. The van der Waals surface area contributed by atoms with Crippen LogP contribution in [-0.2, 0) is 18.3 Å². The van der Waals surface area contributed by atoms with Crippen LogP contribution in [-0.4, -0.2) is 46.1 Å². The summed E-state index contributed by atoms with van der Waals surface area (Å²) in [5.74, 6) is 0.894. The summed E-state index contributed by atoms with van der Waals surface area (Å²) in [6, 6.07) is 20.6. The molecule has 0 aliphatic rings. The molecular weight excluding hydrogens is 478 g/mol. The molecule has 4 nitrogen and oxygen atoms in total. The Morgan fingerprint density at radius 2 is 1.61 bits per heavy atom. The first kappa shape index (κ1) is 25.0. The fraction of sp³-hybridized carbons (Fsp3) is 0.286. The van der Waals surface area contributed by atoms with Gasteiger partial charge in [0.05, 0.1) is 0 Å². The van der Waals surface area contributed by atoms with E-state index < -0.39 is 7.25 Å². The standard InChI is InChI=1S/C21H25N2O2Se.BF4/c1-22-12-13-23(18-22)14-15-24-20(16-25-19-8-4-2-5-9-19)17-26-21-10-6-3-7-11-21;2-1(3,4)5/h2-13,18,20H,14-17H2,1H3;/q+1;-1. The molecule has 0 saturated heterocycles. The molecule has 0 aliphatic carbocycles.